The van der Waals surface area contributed by atoms with Crippen molar-refractivity contribution in [3.8, 4) is 0 Å². The van der Waals surface area contributed by atoms with E-state index in [0.29, 0.717) is 17.0 Å². The Balaban J connectivity index is 1.68. The molecule has 0 bridgehead atoms. The van der Waals surface area contributed by atoms with Gasteiger partial charge in [0.1, 0.15) is 12.3 Å². The van der Waals surface area contributed by atoms with Gasteiger partial charge >= 0.3 is 0 Å². The molecular formula is C22H19N3O3S. The number of fused-ring (bicyclic) bond motifs is 1. The molecule has 0 unspecified atom stereocenters. The van der Waals surface area contributed by atoms with Crippen molar-refractivity contribution in [3.05, 3.63) is 95.6 Å². The summed E-state index contributed by atoms with van der Waals surface area (Å²) >= 11 is 0. The number of hydrazone groups is 1. The number of nitrogens with one attached hydrogen (secondary N) is 1. The molecule has 1 aliphatic heterocycles. The zero-order valence-electron chi connectivity index (χ0n) is 15.7. The van der Waals surface area contributed by atoms with E-state index in [9.17, 15) is 13.2 Å². The number of anilines is 1. The molecule has 1 amide bonds. The summed E-state index contributed by atoms with van der Waals surface area (Å²) < 4.78 is 27.0. The van der Waals surface area contributed by atoms with Gasteiger partial charge < -0.3 is 5.32 Å². The van der Waals surface area contributed by atoms with Crippen LogP contribution >= 0.6 is 0 Å². The molecule has 6 nitrogen and oxygen atoms in total. The fourth-order valence-corrected chi connectivity index (χ4v) is 4.51. The number of rotatable bonds is 4. The smallest absolute Gasteiger partial charge is 0.280 e. The fraction of sp³-hybridized carbons (Fsp3) is 0.0909. The Hall–Kier alpha value is -3.45. The van der Waals surface area contributed by atoms with Crippen molar-refractivity contribution in [1.29, 1.82) is 0 Å². The molecule has 146 valence electrons. The van der Waals surface area contributed by atoms with E-state index in [-0.39, 0.29) is 4.90 Å². The third kappa shape index (κ3) is 3.77. The molecule has 29 heavy (non-hydrogen) atoms. The van der Waals surface area contributed by atoms with Crippen LogP contribution in [-0.4, -0.2) is 31.0 Å². The van der Waals surface area contributed by atoms with Crippen LogP contribution in [0.1, 0.15) is 16.7 Å². The molecule has 0 atom stereocenters. The lowest BCUT2D eigenvalue weighted by molar-refractivity contribution is -0.116. The van der Waals surface area contributed by atoms with E-state index >= 15 is 0 Å². The zero-order valence-corrected chi connectivity index (χ0v) is 16.6. The van der Waals surface area contributed by atoms with E-state index in [1.165, 1.54) is 6.07 Å². The van der Waals surface area contributed by atoms with E-state index in [1.54, 1.807) is 30.3 Å². The normalized spacial score (nSPS) is 14.7. The Bertz CT molecular complexity index is 1190. The van der Waals surface area contributed by atoms with Gasteiger partial charge in [-0.05, 0) is 25.1 Å². The monoisotopic (exact) mass is 405 g/mol. The average Bonchev–Trinajstić information content (AvgIpc) is 2.73. The van der Waals surface area contributed by atoms with Crippen LogP contribution in [0, 0.1) is 6.92 Å². The summed E-state index contributed by atoms with van der Waals surface area (Å²) in [5, 5.41) is 7.06. The first-order valence-corrected chi connectivity index (χ1v) is 10.5. The quantitative estimate of drug-likeness (QED) is 0.723. The molecule has 0 aromatic heterocycles. The highest BCUT2D eigenvalue weighted by Crippen LogP contribution is 2.28. The van der Waals surface area contributed by atoms with Gasteiger partial charge in [-0.2, -0.15) is 17.9 Å². The molecule has 0 fully saturated rings. The Morgan fingerprint density at radius 1 is 0.931 bits per heavy atom. The van der Waals surface area contributed by atoms with E-state index in [0.717, 1.165) is 15.5 Å². The minimum atomic E-state index is -3.93. The highest BCUT2D eigenvalue weighted by molar-refractivity contribution is 7.89. The summed E-state index contributed by atoms with van der Waals surface area (Å²) in [6.07, 6.45) is 0. The number of amides is 1. The van der Waals surface area contributed by atoms with Crippen molar-refractivity contribution in [2.24, 2.45) is 5.10 Å². The van der Waals surface area contributed by atoms with Gasteiger partial charge in [0.15, 0.2) is 0 Å². The van der Waals surface area contributed by atoms with E-state index < -0.39 is 22.5 Å². The largest absolute Gasteiger partial charge is 0.324 e. The Kier molecular flexibility index (Phi) is 4.90. The van der Waals surface area contributed by atoms with Gasteiger partial charge in [-0.1, -0.05) is 66.2 Å². The van der Waals surface area contributed by atoms with Crippen LogP contribution in [0.4, 0.5) is 5.69 Å². The second kappa shape index (κ2) is 7.52. The lowest BCUT2D eigenvalue weighted by Crippen LogP contribution is -2.38. The van der Waals surface area contributed by atoms with Crippen LogP contribution < -0.4 is 5.32 Å². The lowest BCUT2D eigenvalue weighted by atomic mass is 10.0. The van der Waals surface area contributed by atoms with Crippen molar-refractivity contribution in [2.45, 2.75) is 11.8 Å². The van der Waals surface area contributed by atoms with Crippen molar-refractivity contribution >= 4 is 27.3 Å². The van der Waals surface area contributed by atoms with E-state index in [4.69, 9.17) is 0 Å². The number of benzene rings is 3. The van der Waals surface area contributed by atoms with Crippen molar-refractivity contribution in [1.82, 2.24) is 4.41 Å². The van der Waals surface area contributed by atoms with Crippen LogP contribution in [0.15, 0.2) is 88.9 Å². The molecular weight excluding hydrogens is 386 g/mol. The molecule has 1 heterocycles. The first kappa shape index (κ1) is 18.9. The number of hydrogen-bond donors (Lipinski definition) is 1. The molecule has 0 radical (unpaired) electrons. The molecule has 0 aliphatic carbocycles. The minimum Gasteiger partial charge on any atom is -0.324 e. The van der Waals surface area contributed by atoms with Gasteiger partial charge in [0.25, 0.3) is 10.0 Å². The van der Waals surface area contributed by atoms with Crippen LogP contribution in [-0.2, 0) is 14.8 Å². The van der Waals surface area contributed by atoms with E-state index in [2.05, 4.69) is 10.4 Å². The predicted molar refractivity (Wildman–Crippen MR) is 112 cm³/mol. The second-order valence-electron chi connectivity index (χ2n) is 6.71. The standard InChI is InChI=1S/C22H19N3O3S/c1-16-11-13-18(14-12-16)23-21(26)15-25-24-22(17-7-3-2-4-8-17)19-9-5-6-10-20(19)29(25,27)28/h2-14H,15H2,1H3,(H,23,26). The Morgan fingerprint density at radius 2 is 1.59 bits per heavy atom. The summed E-state index contributed by atoms with van der Waals surface area (Å²) in [5.41, 5.74) is 3.48. The fourth-order valence-electron chi connectivity index (χ4n) is 3.11. The first-order chi connectivity index (χ1) is 13.9. The summed E-state index contributed by atoms with van der Waals surface area (Å²) in [7, 11) is -3.93. The highest BCUT2D eigenvalue weighted by Gasteiger charge is 2.34. The third-order valence-corrected chi connectivity index (χ3v) is 6.25. The molecule has 4 rings (SSSR count). The molecule has 0 saturated heterocycles. The SMILES string of the molecule is Cc1ccc(NC(=O)CN2N=C(c3ccccc3)c3ccccc3S2(=O)=O)cc1. The molecule has 1 N–H and O–H groups in total. The minimum absolute atomic E-state index is 0.136. The maximum atomic E-state index is 13.1. The zero-order chi connectivity index (χ0) is 20.4. The van der Waals surface area contributed by atoms with Crippen LogP contribution in [0.5, 0.6) is 0 Å². The number of carbonyl (C=O) groups is 1. The van der Waals surface area contributed by atoms with Gasteiger partial charge in [0.05, 0.1) is 4.90 Å². The third-order valence-electron chi connectivity index (χ3n) is 4.57. The van der Waals surface area contributed by atoms with Gasteiger partial charge in [-0.25, -0.2) is 0 Å². The molecule has 1 aliphatic rings. The number of sulfonamides is 1. The van der Waals surface area contributed by atoms with Crippen molar-refractivity contribution < 1.29 is 13.2 Å². The average molecular weight is 405 g/mol. The van der Waals surface area contributed by atoms with Gasteiger partial charge in [-0.3, -0.25) is 4.79 Å². The number of nitrogens with zero attached hydrogens (tertiary/aromatic N) is 2. The van der Waals surface area contributed by atoms with Crippen LogP contribution in [0.25, 0.3) is 0 Å². The molecule has 3 aromatic carbocycles. The molecule has 0 spiro atoms. The summed E-state index contributed by atoms with van der Waals surface area (Å²) in [6.45, 7) is 1.53. The van der Waals surface area contributed by atoms with Crippen LogP contribution in [0.2, 0.25) is 0 Å². The summed E-state index contributed by atoms with van der Waals surface area (Å²) in [4.78, 5) is 12.7. The number of aryl methyl sites for hydroxylation is 1. The lowest BCUT2D eigenvalue weighted by Gasteiger charge is -2.26. The Morgan fingerprint density at radius 3 is 2.31 bits per heavy atom. The maximum absolute atomic E-state index is 13.1. The predicted octanol–water partition coefficient (Wildman–Crippen LogP) is 3.39. The molecule has 7 heteroatoms. The van der Waals surface area contributed by atoms with Gasteiger partial charge in [0, 0.05) is 16.8 Å². The van der Waals surface area contributed by atoms with Crippen molar-refractivity contribution in [3.63, 3.8) is 0 Å². The number of hydrogen-bond acceptors (Lipinski definition) is 4. The van der Waals surface area contributed by atoms with Crippen LogP contribution in [0.3, 0.4) is 0 Å². The van der Waals surface area contributed by atoms with E-state index in [1.807, 2.05) is 49.4 Å². The number of carbonyl (C=O) groups excluding carboxylic acids is 1. The Labute approximate surface area is 169 Å². The summed E-state index contributed by atoms with van der Waals surface area (Å²) in [5.74, 6) is -0.465. The second-order valence-corrected chi connectivity index (χ2v) is 8.52. The van der Waals surface area contributed by atoms with Gasteiger partial charge in [0.2, 0.25) is 5.91 Å². The first-order valence-electron chi connectivity index (χ1n) is 9.08. The van der Waals surface area contributed by atoms with Gasteiger partial charge in [-0.15, -0.1) is 0 Å². The maximum Gasteiger partial charge on any atom is 0.280 e. The highest BCUT2D eigenvalue weighted by atomic mass is 32.2. The molecule has 0 saturated carbocycles. The topological polar surface area (TPSA) is 78.8 Å². The summed E-state index contributed by atoms with van der Waals surface area (Å²) in [6, 6.07) is 23.3. The van der Waals surface area contributed by atoms with Crippen molar-refractivity contribution in [2.75, 3.05) is 11.9 Å². The molecule has 3 aromatic rings.